The first-order chi connectivity index (χ1) is 15.8. The number of carbonyl (C=O) groups is 1. The zero-order chi connectivity index (χ0) is 23.3. The number of likely N-dealkylation sites (tertiary alicyclic amines) is 1. The zero-order valence-corrected chi connectivity index (χ0v) is 19.4. The van der Waals surface area contributed by atoms with Gasteiger partial charge in [0.1, 0.15) is 0 Å². The molecular weight excluding hydrogens is 442 g/mol. The summed E-state index contributed by atoms with van der Waals surface area (Å²) in [5.41, 5.74) is 4.81. The number of aromatic nitrogens is 4. The minimum atomic E-state index is -0.730. The summed E-state index contributed by atoms with van der Waals surface area (Å²) in [4.78, 5) is 17.8. The highest BCUT2D eigenvalue weighted by atomic mass is 35.5. The fourth-order valence-electron chi connectivity index (χ4n) is 4.27. The van der Waals surface area contributed by atoms with Crippen LogP contribution in [-0.2, 0) is 11.3 Å². The summed E-state index contributed by atoms with van der Waals surface area (Å²) in [5, 5.41) is 19.0. The van der Waals surface area contributed by atoms with E-state index in [0.717, 1.165) is 33.2 Å². The topological polar surface area (TPSA) is 97.3 Å². The summed E-state index contributed by atoms with van der Waals surface area (Å²) >= 11 is 6.37. The number of hydrogen-bond donors (Lipinski definition) is 1. The van der Waals surface area contributed by atoms with E-state index in [9.17, 15) is 4.79 Å². The smallest absolute Gasteiger partial charge is 0.309 e. The second kappa shape index (κ2) is 8.28. The number of aliphatic carboxylic acids is 1. The molecule has 4 aromatic rings. The Morgan fingerprint density at radius 2 is 2.06 bits per heavy atom. The molecule has 170 valence electrons. The first-order valence-electron chi connectivity index (χ1n) is 10.9. The molecule has 1 saturated heterocycles. The van der Waals surface area contributed by atoms with E-state index in [4.69, 9.17) is 21.2 Å². The SMILES string of the molecule is Cc1c(CN2CC(C(=O)O)C2)cccc1-c1noc(-c2ccc3c(c2)c(Cl)nn3C(C)C)n1. The van der Waals surface area contributed by atoms with Crippen molar-refractivity contribution in [3.63, 3.8) is 0 Å². The Hall–Kier alpha value is -3.23. The van der Waals surface area contributed by atoms with Gasteiger partial charge in [-0.3, -0.25) is 14.4 Å². The lowest BCUT2D eigenvalue weighted by Crippen LogP contribution is -2.49. The predicted octanol–water partition coefficient (Wildman–Crippen LogP) is 4.81. The van der Waals surface area contributed by atoms with E-state index < -0.39 is 5.97 Å². The number of nitrogens with zero attached hydrogens (tertiary/aromatic N) is 5. The first-order valence-corrected chi connectivity index (χ1v) is 11.3. The summed E-state index contributed by atoms with van der Waals surface area (Å²) < 4.78 is 7.48. The number of halogens is 1. The van der Waals surface area contributed by atoms with Gasteiger partial charge in [0, 0.05) is 42.2 Å². The molecule has 1 fully saturated rings. The molecule has 1 N–H and O–H groups in total. The number of carboxylic acid groups (broad SMARTS) is 1. The standard InChI is InChI=1S/C24H24ClN5O3/c1-13(2)30-20-8-7-15(9-19(20)21(25)27-30)23-26-22(28-33-23)18-6-4-5-16(14(18)3)10-29-11-17(12-29)24(31)32/h4-9,13,17H,10-12H2,1-3H3,(H,31,32). The van der Waals surface area contributed by atoms with Crippen LogP contribution in [0.15, 0.2) is 40.9 Å². The maximum Gasteiger partial charge on any atom is 0.309 e. The van der Waals surface area contributed by atoms with E-state index in [1.165, 1.54) is 0 Å². The van der Waals surface area contributed by atoms with Gasteiger partial charge in [0.15, 0.2) is 5.15 Å². The van der Waals surface area contributed by atoms with Gasteiger partial charge in [-0.1, -0.05) is 35.0 Å². The lowest BCUT2D eigenvalue weighted by Gasteiger charge is -2.37. The Morgan fingerprint density at radius 3 is 2.79 bits per heavy atom. The molecule has 0 spiro atoms. The number of benzene rings is 2. The molecule has 5 rings (SSSR count). The van der Waals surface area contributed by atoms with Gasteiger partial charge in [0.2, 0.25) is 5.82 Å². The third kappa shape index (κ3) is 3.89. The Kier molecular flexibility index (Phi) is 5.42. The minimum absolute atomic E-state index is 0.197. The van der Waals surface area contributed by atoms with Crippen molar-refractivity contribution in [1.29, 1.82) is 0 Å². The van der Waals surface area contributed by atoms with Crippen molar-refractivity contribution in [2.45, 2.75) is 33.4 Å². The molecule has 0 unspecified atom stereocenters. The van der Waals surface area contributed by atoms with Crippen LogP contribution < -0.4 is 0 Å². The van der Waals surface area contributed by atoms with Crippen LogP contribution in [0.4, 0.5) is 0 Å². The third-order valence-electron chi connectivity index (χ3n) is 6.21. The van der Waals surface area contributed by atoms with Crippen molar-refractivity contribution in [2.75, 3.05) is 13.1 Å². The highest BCUT2D eigenvalue weighted by molar-refractivity contribution is 6.34. The van der Waals surface area contributed by atoms with Crippen molar-refractivity contribution in [3.05, 3.63) is 52.7 Å². The van der Waals surface area contributed by atoms with E-state index in [2.05, 4.69) is 40.1 Å². The van der Waals surface area contributed by atoms with E-state index in [0.29, 0.717) is 36.5 Å². The summed E-state index contributed by atoms with van der Waals surface area (Å²) in [6, 6.07) is 12.0. The van der Waals surface area contributed by atoms with Crippen LogP contribution in [0.25, 0.3) is 33.7 Å². The summed E-state index contributed by atoms with van der Waals surface area (Å²) in [6.45, 7) is 7.99. The van der Waals surface area contributed by atoms with Crippen LogP contribution >= 0.6 is 11.6 Å². The predicted molar refractivity (Wildman–Crippen MR) is 125 cm³/mol. The van der Waals surface area contributed by atoms with Gasteiger partial charge in [0.05, 0.1) is 11.4 Å². The first kappa shape index (κ1) is 21.6. The van der Waals surface area contributed by atoms with Crippen LogP contribution in [0, 0.1) is 12.8 Å². The van der Waals surface area contributed by atoms with Crippen LogP contribution in [0.5, 0.6) is 0 Å². The second-order valence-electron chi connectivity index (χ2n) is 8.80. The Balaban J connectivity index is 1.41. The number of fused-ring (bicyclic) bond motifs is 1. The zero-order valence-electron chi connectivity index (χ0n) is 18.6. The fourth-order valence-corrected chi connectivity index (χ4v) is 4.51. The molecule has 0 amide bonds. The molecule has 0 radical (unpaired) electrons. The molecule has 0 atom stereocenters. The van der Waals surface area contributed by atoms with Crippen molar-refractivity contribution in [3.8, 4) is 22.8 Å². The van der Waals surface area contributed by atoms with Crippen molar-refractivity contribution >= 4 is 28.5 Å². The lowest BCUT2D eigenvalue weighted by molar-refractivity contribution is -0.147. The summed E-state index contributed by atoms with van der Waals surface area (Å²) in [5.74, 6) is -0.0728. The second-order valence-corrected chi connectivity index (χ2v) is 9.16. The van der Waals surface area contributed by atoms with Crippen molar-refractivity contribution in [2.24, 2.45) is 5.92 Å². The molecule has 33 heavy (non-hydrogen) atoms. The average Bonchev–Trinajstić information content (AvgIpc) is 3.36. The maximum absolute atomic E-state index is 11.1. The lowest BCUT2D eigenvalue weighted by atomic mass is 9.96. The Labute approximate surface area is 195 Å². The summed E-state index contributed by atoms with van der Waals surface area (Å²) in [7, 11) is 0. The average molecular weight is 466 g/mol. The van der Waals surface area contributed by atoms with Crippen molar-refractivity contribution < 1.29 is 14.4 Å². The molecule has 0 saturated carbocycles. The molecule has 3 heterocycles. The number of rotatable bonds is 6. The Morgan fingerprint density at radius 1 is 1.27 bits per heavy atom. The molecule has 2 aromatic carbocycles. The molecule has 1 aliphatic heterocycles. The van der Waals surface area contributed by atoms with Crippen molar-refractivity contribution in [1.82, 2.24) is 24.8 Å². The third-order valence-corrected chi connectivity index (χ3v) is 6.49. The fraction of sp³-hybridized carbons (Fsp3) is 0.333. The van der Waals surface area contributed by atoms with Crippen LogP contribution in [0.2, 0.25) is 5.15 Å². The van der Waals surface area contributed by atoms with Crippen LogP contribution in [0.1, 0.15) is 31.0 Å². The molecule has 8 nitrogen and oxygen atoms in total. The molecule has 0 bridgehead atoms. The van der Waals surface area contributed by atoms with Gasteiger partial charge in [-0.05, 0) is 50.1 Å². The van der Waals surface area contributed by atoms with E-state index >= 15 is 0 Å². The number of hydrogen-bond acceptors (Lipinski definition) is 6. The normalized spacial score (nSPS) is 14.8. The molecule has 1 aliphatic rings. The van der Waals surface area contributed by atoms with Crippen LogP contribution in [-0.4, -0.2) is 49.0 Å². The molecule has 9 heteroatoms. The number of carboxylic acids is 1. The molecular formula is C24H24ClN5O3. The van der Waals surface area contributed by atoms with Gasteiger partial charge in [0.25, 0.3) is 5.89 Å². The minimum Gasteiger partial charge on any atom is -0.481 e. The van der Waals surface area contributed by atoms with Gasteiger partial charge >= 0.3 is 5.97 Å². The summed E-state index contributed by atoms with van der Waals surface area (Å²) in [6.07, 6.45) is 0. The van der Waals surface area contributed by atoms with Crippen LogP contribution in [0.3, 0.4) is 0 Å². The van der Waals surface area contributed by atoms with Gasteiger partial charge in [-0.25, -0.2) is 0 Å². The van der Waals surface area contributed by atoms with Gasteiger partial charge in [-0.2, -0.15) is 10.1 Å². The van der Waals surface area contributed by atoms with Gasteiger partial charge < -0.3 is 9.63 Å². The van der Waals surface area contributed by atoms with E-state index in [1.54, 1.807) is 0 Å². The van der Waals surface area contributed by atoms with E-state index in [-0.39, 0.29) is 12.0 Å². The van der Waals surface area contributed by atoms with Gasteiger partial charge in [-0.15, -0.1) is 0 Å². The molecule has 0 aliphatic carbocycles. The monoisotopic (exact) mass is 465 g/mol. The molecule has 2 aromatic heterocycles. The quantitative estimate of drug-likeness (QED) is 0.436. The van der Waals surface area contributed by atoms with E-state index in [1.807, 2.05) is 41.9 Å². The Bertz CT molecular complexity index is 1350. The highest BCUT2D eigenvalue weighted by Crippen LogP contribution is 2.32. The largest absolute Gasteiger partial charge is 0.481 e. The highest BCUT2D eigenvalue weighted by Gasteiger charge is 2.32. The maximum atomic E-state index is 11.1.